The lowest BCUT2D eigenvalue weighted by Crippen LogP contribution is -2.52. The number of nitrogens with zero attached hydrogens (tertiary/aromatic N) is 3. The van der Waals surface area contributed by atoms with E-state index in [1.165, 1.54) is 6.33 Å². The predicted octanol–water partition coefficient (Wildman–Crippen LogP) is 0.825. The highest BCUT2D eigenvalue weighted by molar-refractivity contribution is 5.92. The lowest BCUT2D eigenvalue weighted by molar-refractivity contribution is -0.123. The van der Waals surface area contributed by atoms with Crippen LogP contribution in [0.15, 0.2) is 24.7 Å². The third kappa shape index (κ3) is 2.57. The molecule has 0 aromatic carbocycles. The Morgan fingerprint density at radius 2 is 2.36 bits per heavy atom. The third-order valence-corrected chi connectivity index (χ3v) is 4.54. The van der Waals surface area contributed by atoms with Gasteiger partial charge < -0.3 is 15.4 Å². The molecule has 0 unspecified atom stereocenters. The lowest BCUT2D eigenvalue weighted by atomic mass is 9.82. The van der Waals surface area contributed by atoms with Crippen molar-refractivity contribution < 1.29 is 9.53 Å². The van der Waals surface area contributed by atoms with E-state index in [-0.39, 0.29) is 17.9 Å². The van der Waals surface area contributed by atoms with Crippen LogP contribution in [0.25, 0.3) is 5.65 Å². The molecule has 2 aromatic rings. The van der Waals surface area contributed by atoms with Gasteiger partial charge in [-0.15, -0.1) is 0 Å². The Balaban J connectivity index is 1.43. The van der Waals surface area contributed by atoms with Crippen LogP contribution in [0.1, 0.15) is 19.3 Å². The Labute approximate surface area is 128 Å². The fraction of sp³-hybridized carbons (Fsp3) is 0.533. The molecule has 116 valence electrons. The Morgan fingerprint density at radius 3 is 3.32 bits per heavy atom. The minimum Gasteiger partial charge on any atom is -0.375 e. The first-order valence-corrected chi connectivity index (χ1v) is 7.75. The SMILES string of the molecule is O=C(Nc1ccc2ncnn2c1)[C@H]1CC[C@H]2OCCN[C@@H]2C1. The summed E-state index contributed by atoms with van der Waals surface area (Å²) in [6, 6.07) is 4.00. The van der Waals surface area contributed by atoms with Crippen molar-refractivity contribution in [1.29, 1.82) is 0 Å². The van der Waals surface area contributed by atoms with Crippen LogP contribution >= 0.6 is 0 Å². The highest BCUT2D eigenvalue weighted by atomic mass is 16.5. The number of rotatable bonds is 2. The van der Waals surface area contributed by atoms with Gasteiger partial charge in [-0.25, -0.2) is 9.50 Å². The summed E-state index contributed by atoms with van der Waals surface area (Å²) in [6.45, 7) is 1.65. The van der Waals surface area contributed by atoms with E-state index in [9.17, 15) is 4.79 Å². The second-order valence-corrected chi connectivity index (χ2v) is 5.95. The van der Waals surface area contributed by atoms with Gasteiger partial charge in [0.15, 0.2) is 5.65 Å². The minimum atomic E-state index is 0.0295. The van der Waals surface area contributed by atoms with Crippen molar-refractivity contribution in [1.82, 2.24) is 19.9 Å². The minimum absolute atomic E-state index is 0.0295. The number of amides is 1. The van der Waals surface area contributed by atoms with Crippen LogP contribution < -0.4 is 10.6 Å². The number of carbonyl (C=O) groups is 1. The van der Waals surface area contributed by atoms with Crippen molar-refractivity contribution in [2.24, 2.45) is 5.92 Å². The number of fused-ring (bicyclic) bond motifs is 2. The number of morpholine rings is 1. The molecule has 2 aliphatic rings. The molecule has 7 heteroatoms. The summed E-state index contributed by atoms with van der Waals surface area (Å²) in [5.74, 6) is 0.104. The molecule has 4 rings (SSSR count). The Hall–Kier alpha value is -1.99. The second kappa shape index (κ2) is 5.66. The Kier molecular flexibility index (Phi) is 3.51. The number of anilines is 1. The van der Waals surface area contributed by atoms with Gasteiger partial charge >= 0.3 is 0 Å². The average molecular weight is 301 g/mol. The fourth-order valence-corrected chi connectivity index (χ4v) is 3.38. The second-order valence-electron chi connectivity index (χ2n) is 5.95. The molecular weight excluding hydrogens is 282 g/mol. The van der Waals surface area contributed by atoms with Crippen molar-refractivity contribution in [3.05, 3.63) is 24.7 Å². The van der Waals surface area contributed by atoms with Gasteiger partial charge in [-0.1, -0.05) is 0 Å². The van der Waals surface area contributed by atoms with Crippen LogP contribution in [-0.4, -0.2) is 45.8 Å². The highest BCUT2D eigenvalue weighted by Crippen LogP contribution is 2.29. The van der Waals surface area contributed by atoms with E-state index in [4.69, 9.17) is 4.74 Å². The first-order chi connectivity index (χ1) is 10.8. The average Bonchev–Trinajstić information content (AvgIpc) is 3.02. The molecule has 22 heavy (non-hydrogen) atoms. The third-order valence-electron chi connectivity index (χ3n) is 4.54. The fourth-order valence-electron chi connectivity index (χ4n) is 3.38. The van der Waals surface area contributed by atoms with Crippen LogP contribution in [0.4, 0.5) is 5.69 Å². The predicted molar refractivity (Wildman–Crippen MR) is 80.5 cm³/mol. The van der Waals surface area contributed by atoms with E-state index in [0.29, 0.717) is 6.04 Å². The maximum Gasteiger partial charge on any atom is 0.227 e. The zero-order chi connectivity index (χ0) is 14.9. The molecule has 1 saturated heterocycles. The molecule has 2 N–H and O–H groups in total. The van der Waals surface area contributed by atoms with E-state index < -0.39 is 0 Å². The topological polar surface area (TPSA) is 80.6 Å². The van der Waals surface area contributed by atoms with Crippen molar-refractivity contribution in [2.75, 3.05) is 18.5 Å². The Bertz CT molecular complexity index is 685. The van der Waals surface area contributed by atoms with Gasteiger partial charge in [-0.3, -0.25) is 4.79 Å². The monoisotopic (exact) mass is 301 g/mol. The number of aromatic nitrogens is 3. The van der Waals surface area contributed by atoms with Gasteiger partial charge in [0.2, 0.25) is 5.91 Å². The van der Waals surface area contributed by atoms with E-state index >= 15 is 0 Å². The van der Waals surface area contributed by atoms with Gasteiger partial charge in [0.25, 0.3) is 0 Å². The number of hydrogen-bond donors (Lipinski definition) is 2. The highest BCUT2D eigenvalue weighted by Gasteiger charge is 2.35. The number of nitrogens with one attached hydrogen (secondary N) is 2. The van der Waals surface area contributed by atoms with Crippen LogP contribution in [0.5, 0.6) is 0 Å². The van der Waals surface area contributed by atoms with E-state index in [0.717, 1.165) is 43.7 Å². The van der Waals surface area contributed by atoms with Crippen LogP contribution in [0, 0.1) is 5.92 Å². The number of hydrogen-bond acceptors (Lipinski definition) is 5. The lowest BCUT2D eigenvalue weighted by Gasteiger charge is -2.39. The molecule has 0 radical (unpaired) electrons. The van der Waals surface area contributed by atoms with Crippen LogP contribution in [0.2, 0.25) is 0 Å². The van der Waals surface area contributed by atoms with Gasteiger partial charge in [0, 0.05) is 18.5 Å². The van der Waals surface area contributed by atoms with Crippen LogP contribution in [-0.2, 0) is 9.53 Å². The maximum atomic E-state index is 12.5. The quantitative estimate of drug-likeness (QED) is 0.858. The Morgan fingerprint density at radius 1 is 1.41 bits per heavy atom. The first kappa shape index (κ1) is 13.7. The maximum absolute atomic E-state index is 12.5. The van der Waals surface area contributed by atoms with Gasteiger partial charge in [-0.05, 0) is 31.4 Å². The molecule has 2 aromatic heterocycles. The van der Waals surface area contributed by atoms with Crippen molar-refractivity contribution >= 4 is 17.2 Å². The standard InChI is InChI=1S/C15H19N5O2/c21-15(10-1-3-13-12(7-10)16-5-6-22-13)19-11-2-4-14-17-9-18-20(14)8-11/h2,4,8-10,12-13,16H,1,3,5-7H2,(H,19,21)/t10-,12+,13+/m0/s1. The largest absolute Gasteiger partial charge is 0.375 e. The molecule has 7 nitrogen and oxygen atoms in total. The van der Waals surface area contributed by atoms with E-state index in [1.807, 2.05) is 12.1 Å². The molecule has 3 heterocycles. The summed E-state index contributed by atoms with van der Waals surface area (Å²) >= 11 is 0. The van der Waals surface area contributed by atoms with Crippen LogP contribution in [0.3, 0.4) is 0 Å². The van der Waals surface area contributed by atoms with Crippen molar-refractivity contribution in [2.45, 2.75) is 31.4 Å². The van der Waals surface area contributed by atoms with E-state index in [2.05, 4.69) is 20.7 Å². The smallest absolute Gasteiger partial charge is 0.227 e. The van der Waals surface area contributed by atoms with Gasteiger partial charge in [0.05, 0.1) is 24.6 Å². The summed E-state index contributed by atoms with van der Waals surface area (Å²) in [7, 11) is 0. The van der Waals surface area contributed by atoms with Gasteiger partial charge in [0.1, 0.15) is 6.33 Å². The molecule has 2 fully saturated rings. The molecule has 0 bridgehead atoms. The first-order valence-electron chi connectivity index (χ1n) is 7.75. The summed E-state index contributed by atoms with van der Waals surface area (Å²) in [5.41, 5.74) is 1.51. The molecule has 3 atom stereocenters. The summed E-state index contributed by atoms with van der Waals surface area (Å²) in [4.78, 5) is 16.6. The molecule has 1 amide bonds. The number of carbonyl (C=O) groups excluding carboxylic acids is 1. The van der Waals surface area contributed by atoms with E-state index in [1.54, 1.807) is 10.7 Å². The zero-order valence-electron chi connectivity index (χ0n) is 12.2. The molecule has 1 saturated carbocycles. The molecule has 1 aliphatic carbocycles. The van der Waals surface area contributed by atoms with Gasteiger partial charge in [-0.2, -0.15) is 5.10 Å². The van der Waals surface area contributed by atoms with Crippen molar-refractivity contribution in [3.63, 3.8) is 0 Å². The summed E-state index contributed by atoms with van der Waals surface area (Å²) in [5, 5.41) is 10.5. The summed E-state index contributed by atoms with van der Waals surface area (Å²) < 4.78 is 7.41. The number of ether oxygens (including phenoxy) is 1. The molecule has 0 spiro atoms. The molecule has 1 aliphatic heterocycles. The molecular formula is C15H19N5O2. The summed E-state index contributed by atoms with van der Waals surface area (Å²) in [6.07, 6.45) is 6.20. The zero-order valence-corrected chi connectivity index (χ0v) is 12.2. The normalized spacial score (nSPS) is 28.3. The van der Waals surface area contributed by atoms with Crippen molar-refractivity contribution in [3.8, 4) is 0 Å². The number of pyridine rings is 1.